The Labute approximate surface area is 136 Å². The van der Waals surface area contributed by atoms with Crippen LogP contribution in [-0.4, -0.2) is 90.6 Å². The van der Waals surface area contributed by atoms with Gasteiger partial charge in [-0.3, -0.25) is 4.90 Å². The first-order valence-electron chi connectivity index (χ1n) is 9.00. The highest BCUT2D eigenvalue weighted by molar-refractivity contribution is 4.83. The lowest BCUT2D eigenvalue weighted by Gasteiger charge is -2.44. The van der Waals surface area contributed by atoms with Gasteiger partial charge in [-0.1, -0.05) is 26.2 Å². The van der Waals surface area contributed by atoms with Crippen LogP contribution in [0.4, 0.5) is 0 Å². The molecule has 2 fully saturated rings. The van der Waals surface area contributed by atoms with Gasteiger partial charge in [-0.05, 0) is 46.4 Å². The van der Waals surface area contributed by atoms with Crippen LogP contribution >= 0.6 is 0 Å². The monoisotopic (exact) mass is 315 g/mol. The van der Waals surface area contributed by atoms with Crippen LogP contribution in [0, 0.1) is 0 Å². The van der Waals surface area contributed by atoms with Gasteiger partial charge >= 0.3 is 0 Å². The molecule has 5 nitrogen and oxygen atoms in total. The predicted molar refractivity (Wildman–Crippen MR) is 92.0 cm³/mol. The molecule has 2 heterocycles. The van der Waals surface area contributed by atoms with E-state index in [-0.39, 0.29) is 6.23 Å². The number of piperazine rings is 1. The number of likely N-dealkylation sites (tertiary alicyclic amines) is 1. The first-order valence-corrected chi connectivity index (χ1v) is 9.00. The molecular weight excluding hydrogens is 278 g/mol. The zero-order chi connectivity index (χ0) is 16.4. The smallest absolute Gasteiger partial charge is 0.120 e. The Morgan fingerprint density at radius 2 is 1.59 bits per heavy atom. The van der Waals surface area contributed by atoms with Crippen molar-refractivity contribution in [1.29, 1.82) is 0 Å². The van der Waals surface area contributed by atoms with Gasteiger partial charge in [0.25, 0.3) is 0 Å². The van der Waals surface area contributed by atoms with Gasteiger partial charge in [0.1, 0.15) is 6.23 Å². The fourth-order valence-electron chi connectivity index (χ4n) is 3.20. The van der Waals surface area contributed by atoms with E-state index in [9.17, 15) is 5.11 Å². The highest BCUT2D eigenvalue weighted by atomic mass is 16.3. The fraction of sp³-hybridized carbons (Fsp3) is 1.00. The Hall–Kier alpha value is -0.200. The first kappa shape index (κ1) is 19.8. The molecule has 0 saturated carbocycles. The summed E-state index contributed by atoms with van der Waals surface area (Å²) >= 11 is 0. The number of rotatable bonds is 5. The summed E-state index contributed by atoms with van der Waals surface area (Å²) in [6.45, 7) is 7.77. The zero-order valence-corrected chi connectivity index (χ0v) is 14.9. The average molecular weight is 316 g/mol. The van der Waals surface area contributed by atoms with E-state index in [4.69, 9.17) is 5.11 Å². The predicted octanol–water partition coefficient (Wildman–Crippen LogP) is 1.21. The molecule has 0 radical (unpaired) electrons. The third-order valence-corrected chi connectivity index (χ3v) is 4.77. The molecule has 5 heteroatoms. The van der Waals surface area contributed by atoms with Crippen molar-refractivity contribution < 1.29 is 10.2 Å². The Kier molecular flexibility index (Phi) is 10.2. The molecule has 0 aromatic carbocycles. The zero-order valence-electron chi connectivity index (χ0n) is 14.9. The van der Waals surface area contributed by atoms with Gasteiger partial charge < -0.3 is 20.0 Å². The molecule has 1 atom stereocenters. The van der Waals surface area contributed by atoms with Gasteiger partial charge in [0.2, 0.25) is 0 Å². The topological polar surface area (TPSA) is 50.2 Å². The van der Waals surface area contributed by atoms with Gasteiger partial charge in [0.05, 0.1) is 0 Å². The molecule has 0 aromatic rings. The van der Waals surface area contributed by atoms with Crippen LogP contribution in [0.25, 0.3) is 0 Å². The van der Waals surface area contributed by atoms with Crippen LogP contribution in [-0.2, 0) is 0 Å². The number of aliphatic hydroxyl groups is 2. The number of aliphatic hydroxyl groups excluding tert-OH is 2. The second-order valence-corrected chi connectivity index (χ2v) is 6.80. The van der Waals surface area contributed by atoms with Crippen molar-refractivity contribution in [2.75, 3.05) is 53.4 Å². The maximum atomic E-state index is 10.0. The highest BCUT2D eigenvalue weighted by Crippen LogP contribution is 2.19. The molecule has 22 heavy (non-hydrogen) atoms. The molecule has 0 amide bonds. The van der Waals surface area contributed by atoms with E-state index < -0.39 is 0 Å². The van der Waals surface area contributed by atoms with Gasteiger partial charge in [0, 0.05) is 32.3 Å². The number of likely N-dealkylation sites (N-methyl/N-ethyl adjacent to an activating group) is 1. The van der Waals surface area contributed by atoms with Gasteiger partial charge in [-0.25, -0.2) is 0 Å². The van der Waals surface area contributed by atoms with Gasteiger partial charge in [-0.15, -0.1) is 0 Å². The summed E-state index contributed by atoms with van der Waals surface area (Å²) < 4.78 is 0. The number of unbranched alkanes of at least 4 members (excludes halogenated alkanes) is 3. The third kappa shape index (κ3) is 7.38. The van der Waals surface area contributed by atoms with Crippen LogP contribution in [0.3, 0.4) is 0 Å². The van der Waals surface area contributed by atoms with E-state index in [1.165, 1.54) is 45.2 Å². The van der Waals surface area contributed by atoms with Crippen molar-refractivity contribution in [2.24, 2.45) is 0 Å². The minimum Gasteiger partial charge on any atom is -0.396 e. The summed E-state index contributed by atoms with van der Waals surface area (Å²) in [5, 5.41) is 18.3. The maximum Gasteiger partial charge on any atom is 0.120 e. The van der Waals surface area contributed by atoms with E-state index in [1.807, 2.05) is 0 Å². The Morgan fingerprint density at radius 1 is 0.909 bits per heavy atom. The molecule has 2 saturated heterocycles. The van der Waals surface area contributed by atoms with E-state index in [1.54, 1.807) is 0 Å². The van der Waals surface area contributed by atoms with Crippen molar-refractivity contribution in [3.63, 3.8) is 0 Å². The number of hydrogen-bond donors (Lipinski definition) is 2. The van der Waals surface area contributed by atoms with Crippen LogP contribution < -0.4 is 0 Å². The van der Waals surface area contributed by atoms with E-state index in [0.29, 0.717) is 12.6 Å². The third-order valence-electron chi connectivity index (χ3n) is 4.77. The van der Waals surface area contributed by atoms with Crippen molar-refractivity contribution in [2.45, 2.75) is 57.7 Å². The lowest BCUT2D eigenvalue weighted by atomic mass is 10.0. The van der Waals surface area contributed by atoms with E-state index >= 15 is 0 Å². The lowest BCUT2D eigenvalue weighted by Crippen LogP contribution is -2.57. The molecule has 2 N–H and O–H groups in total. The standard InChI is InChI=1S/C11H23N3O.C6H14O/c1-12-5-3-10(4-6-12)14-8-7-13(2)9-11(14)15;1-2-3-4-5-6-7/h10-11,15H,3-9H2,1-2H3;7H,2-6H2,1H3. The second kappa shape index (κ2) is 11.4. The minimum atomic E-state index is -0.253. The molecule has 1 unspecified atom stereocenters. The summed E-state index contributed by atoms with van der Waals surface area (Å²) in [6, 6.07) is 0.602. The number of nitrogens with zero attached hydrogens (tertiary/aromatic N) is 3. The van der Waals surface area contributed by atoms with Crippen LogP contribution in [0.5, 0.6) is 0 Å². The molecule has 2 rings (SSSR count). The van der Waals surface area contributed by atoms with E-state index in [0.717, 1.165) is 26.1 Å². The Bertz CT molecular complexity index is 267. The molecule has 0 aromatic heterocycles. The molecular formula is C17H37N3O2. The van der Waals surface area contributed by atoms with Crippen molar-refractivity contribution in [3.05, 3.63) is 0 Å². The van der Waals surface area contributed by atoms with Gasteiger partial charge in [-0.2, -0.15) is 0 Å². The van der Waals surface area contributed by atoms with Crippen molar-refractivity contribution in [3.8, 4) is 0 Å². The summed E-state index contributed by atoms with van der Waals surface area (Å²) in [6.07, 6.45) is 6.84. The average Bonchev–Trinajstić information content (AvgIpc) is 2.50. The largest absolute Gasteiger partial charge is 0.396 e. The quantitative estimate of drug-likeness (QED) is 0.747. The minimum absolute atomic E-state index is 0.253. The van der Waals surface area contributed by atoms with E-state index in [2.05, 4.69) is 35.7 Å². The summed E-state index contributed by atoms with van der Waals surface area (Å²) in [5.41, 5.74) is 0. The van der Waals surface area contributed by atoms with Crippen molar-refractivity contribution in [1.82, 2.24) is 14.7 Å². The molecule has 0 spiro atoms. The maximum absolute atomic E-state index is 10.0. The molecule has 2 aliphatic heterocycles. The van der Waals surface area contributed by atoms with Gasteiger partial charge in [0.15, 0.2) is 0 Å². The highest BCUT2D eigenvalue weighted by Gasteiger charge is 2.30. The summed E-state index contributed by atoms with van der Waals surface area (Å²) in [5.74, 6) is 0. The molecule has 132 valence electrons. The van der Waals surface area contributed by atoms with Crippen LogP contribution in [0.2, 0.25) is 0 Å². The SMILES string of the molecule is CCCCCCO.CN1CCC(N2CCN(C)CC2O)CC1. The fourth-order valence-corrected chi connectivity index (χ4v) is 3.20. The normalized spacial score (nSPS) is 25.8. The Morgan fingerprint density at radius 3 is 2.14 bits per heavy atom. The van der Waals surface area contributed by atoms with Crippen molar-refractivity contribution >= 4 is 0 Å². The number of β-amino-alcohol motifs (C(OH)–C–C–N with tert-alkyl or cyclic N) is 1. The molecule has 0 bridgehead atoms. The second-order valence-electron chi connectivity index (χ2n) is 6.80. The lowest BCUT2D eigenvalue weighted by molar-refractivity contribution is -0.0816. The molecule has 2 aliphatic rings. The number of hydrogen-bond acceptors (Lipinski definition) is 5. The summed E-state index contributed by atoms with van der Waals surface area (Å²) in [7, 11) is 4.26. The first-order chi connectivity index (χ1) is 10.6. The summed E-state index contributed by atoms with van der Waals surface area (Å²) in [4.78, 5) is 6.88. The molecule has 0 aliphatic carbocycles. The Balaban J connectivity index is 0.000000295. The number of piperidine rings is 1. The van der Waals surface area contributed by atoms with Crippen LogP contribution in [0.15, 0.2) is 0 Å². The van der Waals surface area contributed by atoms with Crippen LogP contribution in [0.1, 0.15) is 45.4 Å².